The standard InChI is InChI=1S/C25H26ClN3O4S/c26-20-10-9-19(16-24(20)34(31,32)29-14-11-18-6-1-2-7-21(18)29)25(30)27-17-22(23-8-5-15-33-23)28-12-3-4-13-28/h1-2,5-10,15-16,22H,3-4,11-14,17H2,(H,27,30)/p+1/t22-/m1/s1. The lowest BCUT2D eigenvalue weighted by molar-refractivity contribution is -0.919. The molecule has 2 aliphatic rings. The third-order valence-electron chi connectivity index (χ3n) is 6.70. The summed E-state index contributed by atoms with van der Waals surface area (Å²) >= 11 is 6.32. The van der Waals surface area contributed by atoms with Crippen LogP contribution in [-0.2, 0) is 16.4 Å². The van der Waals surface area contributed by atoms with Crippen LogP contribution in [0.5, 0.6) is 0 Å². The Kier molecular flexibility index (Phi) is 6.38. The number of nitrogens with one attached hydrogen (secondary N) is 2. The second kappa shape index (κ2) is 9.44. The first-order chi connectivity index (χ1) is 16.4. The minimum Gasteiger partial charge on any atom is -0.463 e. The number of halogens is 1. The number of hydrogen-bond acceptors (Lipinski definition) is 4. The SMILES string of the molecule is O=C(NC[C@H](c1ccco1)[NH+]1CCCC1)c1ccc(Cl)c(S(=O)(=O)N2CCc3ccccc32)c1. The summed E-state index contributed by atoms with van der Waals surface area (Å²) in [6.07, 6.45) is 4.59. The molecule has 0 aliphatic carbocycles. The van der Waals surface area contributed by atoms with Crippen LogP contribution in [0.4, 0.5) is 5.69 Å². The minimum atomic E-state index is -3.92. The summed E-state index contributed by atoms with van der Waals surface area (Å²) in [5.74, 6) is 0.495. The van der Waals surface area contributed by atoms with Gasteiger partial charge in [-0.25, -0.2) is 8.42 Å². The molecule has 2 aliphatic heterocycles. The van der Waals surface area contributed by atoms with Crippen molar-refractivity contribution in [2.45, 2.75) is 30.2 Å². The zero-order valence-corrected chi connectivity index (χ0v) is 20.2. The van der Waals surface area contributed by atoms with Gasteiger partial charge < -0.3 is 14.6 Å². The summed E-state index contributed by atoms with van der Waals surface area (Å²) < 4.78 is 34.0. The molecule has 178 valence electrons. The molecule has 1 fully saturated rings. The lowest BCUT2D eigenvalue weighted by Crippen LogP contribution is -3.11. The molecule has 34 heavy (non-hydrogen) atoms. The molecule has 1 amide bonds. The maximum absolute atomic E-state index is 13.5. The van der Waals surface area contributed by atoms with E-state index in [1.165, 1.54) is 21.3 Å². The first kappa shape index (κ1) is 23.0. The number of anilines is 1. The molecule has 2 N–H and O–H groups in total. The van der Waals surface area contributed by atoms with Crippen molar-refractivity contribution in [1.29, 1.82) is 0 Å². The number of likely N-dealkylation sites (tertiary alicyclic amines) is 1. The van der Waals surface area contributed by atoms with Gasteiger partial charge in [0.1, 0.15) is 4.90 Å². The maximum atomic E-state index is 13.5. The van der Waals surface area contributed by atoms with E-state index in [2.05, 4.69) is 5.32 Å². The van der Waals surface area contributed by atoms with E-state index in [-0.39, 0.29) is 27.4 Å². The Bertz CT molecular complexity index is 1290. The van der Waals surface area contributed by atoms with E-state index in [1.54, 1.807) is 18.4 Å². The van der Waals surface area contributed by atoms with Gasteiger partial charge in [0.15, 0.2) is 11.8 Å². The van der Waals surface area contributed by atoms with Gasteiger partial charge in [-0.1, -0.05) is 29.8 Å². The topological polar surface area (TPSA) is 84.1 Å². The number of benzene rings is 2. The van der Waals surface area contributed by atoms with Gasteiger partial charge >= 0.3 is 0 Å². The molecule has 5 rings (SSSR count). The van der Waals surface area contributed by atoms with Gasteiger partial charge in [-0.15, -0.1) is 0 Å². The average Bonchev–Trinajstić information content (AvgIpc) is 3.61. The zero-order chi connectivity index (χ0) is 23.7. The fraction of sp³-hybridized carbons (Fsp3) is 0.320. The molecular weight excluding hydrogens is 474 g/mol. The summed E-state index contributed by atoms with van der Waals surface area (Å²) in [6.45, 7) is 2.80. The summed E-state index contributed by atoms with van der Waals surface area (Å²) in [4.78, 5) is 14.4. The van der Waals surface area contributed by atoms with E-state index in [9.17, 15) is 13.2 Å². The van der Waals surface area contributed by atoms with Crippen LogP contribution in [-0.4, -0.2) is 40.5 Å². The Hall–Kier alpha value is -2.81. The third-order valence-corrected chi connectivity index (χ3v) is 8.99. The molecule has 7 nitrogen and oxygen atoms in total. The number of quaternary nitrogens is 1. The Balaban J connectivity index is 1.37. The molecule has 0 spiro atoms. The number of amides is 1. The monoisotopic (exact) mass is 500 g/mol. The highest BCUT2D eigenvalue weighted by Crippen LogP contribution is 2.35. The van der Waals surface area contributed by atoms with E-state index in [0.29, 0.717) is 25.2 Å². The Morgan fingerprint density at radius 2 is 1.91 bits per heavy atom. The van der Waals surface area contributed by atoms with Crippen LogP contribution in [0.25, 0.3) is 0 Å². The van der Waals surface area contributed by atoms with E-state index in [4.69, 9.17) is 16.0 Å². The molecule has 1 aromatic heterocycles. The van der Waals surface area contributed by atoms with E-state index in [1.807, 2.05) is 30.3 Å². The number of carbonyl (C=O) groups excluding carboxylic acids is 1. The summed E-state index contributed by atoms with van der Waals surface area (Å²) in [5.41, 5.74) is 1.89. The van der Waals surface area contributed by atoms with Crippen molar-refractivity contribution in [3.8, 4) is 0 Å². The molecule has 0 unspecified atom stereocenters. The highest BCUT2D eigenvalue weighted by atomic mass is 35.5. The third kappa shape index (κ3) is 4.33. The summed E-state index contributed by atoms with van der Waals surface area (Å²) in [7, 11) is -3.92. The number of sulfonamides is 1. The molecule has 2 aromatic carbocycles. The van der Waals surface area contributed by atoms with Crippen LogP contribution < -0.4 is 14.5 Å². The minimum absolute atomic E-state index is 0.0121. The van der Waals surface area contributed by atoms with Crippen molar-refractivity contribution in [2.24, 2.45) is 0 Å². The average molecular weight is 501 g/mol. The normalized spacial score (nSPS) is 17.0. The van der Waals surface area contributed by atoms with E-state index < -0.39 is 10.0 Å². The quantitative estimate of drug-likeness (QED) is 0.522. The van der Waals surface area contributed by atoms with Crippen LogP contribution in [0.3, 0.4) is 0 Å². The van der Waals surface area contributed by atoms with Crippen molar-refractivity contribution < 1.29 is 22.5 Å². The fourth-order valence-corrected chi connectivity index (χ4v) is 6.94. The van der Waals surface area contributed by atoms with Gasteiger partial charge in [0.2, 0.25) is 0 Å². The number of furan rings is 1. The fourth-order valence-electron chi connectivity index (χ4n) is 4.93. The lowest BCUT2D eigenvalue weighted by atomic mass is 10.1. The van der Waals surface area contributed by atoms with Gasteiger partial charge in [-0.05, 0) is 48.4 Å². The van der Waals surface area contributed by atoms with Gasteiger partial charge in [-0.3, -0.25) is 9.10 Å². The predicted molar refractivity (Wildman–Crippen MR) is 130 cm³/mol. The molecule has 9 heteroatoms. The van der Waals surface area contributed by atoms with E-state index >= 15 is 0 Å². The van der Waals surface area contributed by atoms with E-state index in [0.717, 1.165) is 37.3 Å². The van der Waals surface area contributed by atoms with Crippen LogP contribution in [0.15, 0.2) is 70.2 Å². The second-order valence-electron chi connectivity index (χ2n) is 8.74. The number of hydrogen-bond donors (Lipinski definition) is 2. The van der Waals surface area contributed by atoms with Crippen LogP contribution in [0, 0.1) is 0 Å². The lowest BCUT2D eigenvalue weighted by Gasteiger charge is -2.23. The zero-order valence-electron chi connectivity index (χ0n) is 18.7. The van der Waals surface area contributed by atoms with Gasteiger partial charge in [-0.2, -0.15) is 0 Å². The highest BCUT2D eigenvalue weighted by Gasteiger charge is 2.33. The maximum Gasteiger partial charge on any atom is 0.265 e. The van der Waals surface area contributed by atoms with Gasteiger partial charge in [0, 0.05) is 24.9 Å². The van der Waals surface area contributed by atoms with Crippen LogP contribution >= 0.6 is 11.6 Å². The second-order valence-corrected chi connectivity index (χ2v) is 11.0. The molecule has 0 radical (unpaired) electrons. The largest absolute Gasteiger partial charge is 0.463 e. The van der Waals surface area contributed by atoms with Crippen LogP contribution in [0.1, 0.15) is 40.6 Å². The Morgan fingerprint density at radius 3 is 2.68 bits per heavy atom. The number of rotatable bonds is 7. The summed E-state index contributed by atoms with van der Waals surface area (Å²) in [6, 6.07) is 15.6. The molecular formula is C25H27ClN3O4S+. The first-order valence-corrected chi connectivity index (χ1v) is 13.3. The summed E-state index contributed by atoms with van der Waals surface area (Å²) in [5, 5.41) is 3.07. The van der Waals surface area contributed by atoms with Crippen molar-refractivity contribution >= 4 is 33.2 Å². The first-order valence-electron chi connectivity index (χ1n) is 11.5. The Morgan fingerprint density at radius 1 is 1.12 bits per heavy atom. The number of carbonyl (C=O) groups is 1. The smallest absolute Gasteiger partial charge is 0.265 e. The van der Waals surface area contributed by atoms with Crippen molar-refractivity contribution in [2.75, 3.05) is 30.5 Å². The predicted octanol–water partition coefficient (Wildman–Crippen LogP) is 2.83. The number of nitrogens with zero attached hydrogens (tertiary/aromatic N) is 1. The molecule has 3 aromatic rings. The number of para-hydroxylation sites is 1. The van der Waals surface area contributed by atoms with Gasteiger partial charge in [0.05, 0.1) is 36.6 Å². The van der Waals surface area contributed by atoms with Crippen molar-refractivity contribution in [3.63, 3.8) is 0 Å². The number of fused-ring (bicyclic) bond motifs is 1. The molecule has 1 atom stereocenters. The van der Waals surface area contributed by atoms with Crippen LogP contribution in [0.2, 0.25) is 5.02 Å². The molecule has 1 saturated heterocycles. The molecule has 0 saturated carbocycles. The van der Waals surface area contributed by atoms with Crippen molar-refractivity contribution in [3.05, 3.63) is 82.8 Å². The van der Waals surface area contributed by atoms with Crippen molar-refractivity contribution in [1.82, 2.24) is 5.32 Å². The Labute approximate surface area is 204 Å². The van der Waals surface area contributed by atoms with Gasteiger partial charge in [0.25, 0.3) is 15.9 Å². The molecule has 0 bridgehead atoms. The molecule has 3 heterocycles. The highest BCUT2D eigenvalue weighted by molar-refractivity contribution is 7.93.